The molecule has 1 saturated carbocycles. The Morgan fingerprint density at radius 1 is 1.23 bits per heavy atom. The minimum absolute atomic E-state index is 0.239. The maximum atomic E-state index is 12.7. The average molecular weight is 357 g/mol. The predicted octanol–water partition coefficient (Wildman–Crippen LogP) is 2.53. The summed E-state index contributed by atoms with van der Waals surface area (Å²) in [5.74, 6) is 1.57. The molecule has 0 aliphatic heterocycles. The van der Waals surface area contributed by atoms with Gasteiger partial charge >= 0.3 is 0 Å². The van der Waals surface area contributed by atoms with Crippen LogP contribution in [0.4, 0.5) is 0 Å². The molecule has 0 saturated heterocycles. The molecule has 0 spiro atoms. The molecule has 2 N–H and O–H groups in total. The third-order valence-electron chi connectivity index (χ3n) is 6.01. The number of hydrogen-bond donors (Lipinski definition) is 2. The third kappa shape index (κ3) is 3.87. The normalized spacial score (nSPS) is 21.3. The number of aliphatic imine (C=N–C) groups is 1. The fourth-order valence-electron chi connectivity index (χ4n) is 4.54. The van der Waals surface area contributed by atoms with Crippen LogP contribution >= 0.6 is 0 Å². The highest BCUT2D eigenvalue weighted by molar-refractivity contribution is 5.85. The SMILES string of the molecule is CN=C(NCC1CCc2ccccc21)NCC1(C(=O)N(C)C)CCCC1. The topological polar surface area (TPSA) is 56.7 Å². The number of carbonyl (C=O) groups is 1. The van der Waals surface area contributed by atoms with Gasteiger partial charge in [0.25, 0.3) is 0 Å². The van der Waals surface area contributed by atoms with Crippen molar-refractivity contribution in [3.05, 3.63) is 35.4 Å². The fourth-order valence-corrected chi connectivity index (χ4v) is 4.54. The Morgan fingerprint density at radius 2 is 1.96 bits per heavy atom. The molecule has 0 bridgehead atoms. The number of aryl methyl sites for hydroxylation is 1. The molecule has 1 aromatic rings. The van der Waals surface area contributed by atoms with E-state index in [0.29, 0.717) is 12.5 Å². The van der Waals surface area contributed by atoms with E-state index in [9.17, 15) is 4.79 Å². The monoisotopic (exact) mass is 356 g/mol. The molecule has 0 aromatic heterocycles. The van der Waals surface area contributed by atoms with Crippen LogP contribution in [0.15, 0.2) is 29.3 Å². The zero-order chi connectivity index (χ0) is 18.6. The van der Waals surface area contributed by atoms with Crippen molar-refractivity contribution in [1.82, 2.24) is 15.5 Å². The maximum absolute atomic E-state index is 12.7. The van der Waals surface area contributed by atoms with Crippen LogP contribution in [0.5, 0.6) is 0 Å². The van der Waals surface area contributed by atoms with Gasteiger partial charge in [-0.25, -0.2) is 0 Å². The van der Waals surface area contributed by atoms with Gasteiger partial charge in [-0.3, -0.25) is 9.79 Å². The van der Waals surface area contributed by atoms with E-state index in [1.165, 1.54) is 17.5 Å². The van der Waals surface area contributed by atoms with Crippen LogP contribution in [-0.2, 0) is 11.2 Å². The quantitative estimate of drug-likeness (QED) is 0.630. The number of rotatable bonds is 5. The zero-order valence-electron chi connectivity index (χ0n) is 16.3. The smallest absolute Gasteiger partial charge is 0.230 e. The number of carbonyl (C=O) groups excluding carboxylic acids is 1. The summed E-state index contributed by atoms with van der Waals surface area (Å²) >= 11 is 0. The molecular weight excluding hydrogens is 324 g/mol. The molecule has 0 heterocycles. The van der Waals surface area contributed by atoms with Gasteiger partial charge in [0.05, 0.1) is 5.41 Å². The Labute approximate surface area is 157 Å². The zero-order valence-corrected chi connectivity index (χ0v) is 16.3. The van der Waals surface area contributed by atoms with Crippen molar-refractivity contribution < 1.29 is 4.79 Å². The lowest BCUT2D eigenvalue weighted by molar-refractivity contribution is -0.138. The molecule has 1 amide bonds. The molecule has 2 aliphatic rings. The Balaban J connectivity index is 1.56. The van der Waals surface area contributed by atoms with Gasteiger partial charge in [-0.15, -0.1) is 0 Å². The van der Waals surface area contributed by atoms with Crippen molar-refractivity contribution in [2.45, 2.75) is 44.4 Å². The van der Waals surface area contributed by atoms with Gasteiger partial charge in [-0.05, 0) is 36.8 Å². The van der Waals surface area contributed by atoms with Crippen molar-refractivity contribution in [2.75, 3.05) is 34.2 Å². The molecule has 1 aromatic carbocycles. The Bertz CT molecular complexity index is 662. The van der Waals surface area contributed by atoms with Crippen molar-refractivity contribution in [3.63, 3.8) is 0 Å². The maximum Gasteiger partial charge on any atom is 0.230 e. The first kappa shape index (κ1) is 18.7. The van der Waals surface area contributed by atoms with E-state index < -0.39 is 0 Å². The molecule has 0 radical (unpaired) electrons. The van der Waals surface area contributed by atoms with E-state index >= 15 is 0 Å². The van der Waals surface area contributed by atoms with Crippen molar-refractivity contribution in [2.24, 2.45) is 10.4 Å². The average Bonchev–Trinajstić information content (AvgIpc) is 3.29. The number of benzene rings is 1. The largest absolute Gasteiger partial charge is 0.356 e. The second-order valence-corrected chi connectivity index (χ2v) is 7.93. The fraction of sp³-hybridized carbons (Fsp3) is 0.619. The molecule has 1 atom stereocenters. The van der Waals surface area contributed by atoms with E-state index in [4.69, 9.17) is 0 Å². The summed E-state index contributed by atoms with van der Waals surface area (Å²) in [6.07, 6.45) is 6.54. The van der Waals surface area contributed by atoms with Crippen molar-refractivity contribution in [3.8, 4) is 0 Å². The minimum Gasteiger partial charge on any atom is -0.356 e. The first-order chi connectivity index (χ1) is 12.6. The highest BCUT2D eigenvalue weighted by Crippen LogP contribution is 2.39. The van der Waals surface area contributed by atoms with Crippen LogP contribution in [-0.4, -0.2) is 51.0 Å². The lowest BCUT2D eigenvalue weighted by atomic mass is 9.84. The van der Waals surface area contributed by atoms with Gasteiger partial charge in [0, 0.05) is 40.2 Å². The number of nitrogens with zero attached hydrogens (tertiary/aromatic N) is 2. The molecule has 2 aliphatic carbocycles. The van der Waals surface area contributed by atoms with Crippen molar-refractivity contribution in [1.29, 1.82) is 0 Å². The van der Waals surface area contributed by atoms with Crippen LogP contribution in [0.3, 0.4) is 0 Å². The summed E-state index contributed by atoms with van der Waals surface area (Å²) in [7, 11) is 5.51. The summed E-state index contributed by atoms with van der Waals surface area (Å²) in [5.41, 5.74) is 2.66. The molecule has 1 unspecified atom stereocenters. The van der Waals surface area contributed by atoms with E-state index in [2.05, 4.69) is 39.9 Å². The molecule has 5 nitrogen and oxygen atoms in total. The van der Waals surface area contributed by atoms with Gasteiger partial charge in [0.2, 0.25) is 5.91 Å². The van der Waals surface area contributed by atoms with Crippen LogP contribution in [0.2, 0.25) is 0 Å². The molecule has 26 heavy (non-hydrogen) atoms. The van der Waals surface area contributed by atoms with Gasteiger partial charge in [0.1, 0.15) is 0 Å². The summed E-state index contributed by atoms with van der Waals surface area (Å²) in [6.45, 7) is 1.54. The van der Waals surface area contributed by atoms with Crippen LogP contribution in [0.1, 0.15) is 49.1 Å². The lowest BCUT2D eigenvalue weighted by Crippen LogP contribution is -2.49. The first-order valence-corrected chi connectivity index (χ1v) is 9.80. The van der Waals surface area contributed by atoms with E-state index in [0.717, 1.165) is 44.6 Å². The van der Waals surface area contributed by atoms with Gasteiger partial charge < -0.3 is 15.5 Å². The lowest BCUT2D eigenvalue weighted by Gasteiger charge is -2.31. The Morgan fingerprint density at radius 3 is 2.65 bits per heavy atom. The standard InChI is InChI=1S/C21H32N4O/c1-22-20(23-14-17-11-10-16-8-4-5-9-18(16)17)24-15-21(12-6-7-13-21)19(26)25(2)3/h4-5,8-9,17H,6-7,10-15H2,1-3H3,(H2,22,23,24). The number of amides is 1. The first-order valence-electron chi connectivity index (χ1n) is 9.80. The van der Waals surface area contributed by atoms with E-state index in [1.54, 1.807) is 11.9 Å². The molecule has 142 valence electrons. The second-order valence-electron chi connectivity index (χ2n) is 7.93. The van der Waals surface area contributed by atoms with Crippen molar-refractivity contribution >= 4 is 11.9 Å². The molecule has 1 fully saturated rings. The Hall–Kier alpha value is -2.04. The van der Waals surface area contributed by atoms with E-state index in [-0.39, 0.29) is 11.3 Å². The third-order valence-corrected chi connectivity index (χ3v) is 6.01. The number of hydrogen-bond acceptors (Lipinski definition) is 2. The van der Waals surface area contributed by atoms with Gasteiger partial charge in [0.15, 0.2) is 5.96 Å². The molecule has 3 rings (SSSR count). The predicted molar refractivity (Wildman–Crippen MR) is 106 cm³/mol. The van der Waals surface area contributed by atoms with Crippen LogP contribution in [0, 0.1) is 5.41 Å². The molecule has 5 heteroatoms. The second kappa shape index (κ2) is 8.11. The summed E-state index contributed by atoms with van der Waals surface area (Å²) in [6, 6.07) is 8.73. The number of fused-ring (bicyclic) bond motifs is 1. The minimum atomic E-state index is -0.277. The summed E-state index contributed by atoms with van der Waals surface area (Å²) in [4.78, 5) is 18.8. The van der Waals surface area contributed by atoms with Crippen LogP contribution < -0.4 is 10.6 Å². The highest BCUT2D eigenvalue weighted by Gasteiger charge is 2.42. The van der Waals surface area contributed by atoms with Gasteiger partial charge in [-0.2, -0.15) is 0 Å². The summed E-state index contributed by atoms with van der Waals surface area (Å²) < 4.78 is 0. The van der Waals surface area contributed by atoms with Gasteiger partial charge in [-0.1, -0.05) is 37.1 Å². The van der Waals surface area contributed by atoms with E-state index in [1.807, 2.05) is 14.1 Å². The highest BCUT2D eigenvalue weighted by atomic mass is 16.2. The Kier molecular flexibility index (Phi) is 5.84. The van der Waals surface area contributed by atoms with Crippen LogP contribution in [0.25, 0.3) is 0 Å². The summed E-state index contributed by atoms with van der Waals surface area (Å²) in [5, 5.41) is 6.90. The molecular formula is C21H32N4O. The number of guanidine groups is 1. The number of nitrogens with one attached hydrogen (secondary N) is 2.